The number of benzene rings is 2. The van der Waals surface area contributed by atoms with E-state index in [2.05, 4.69) is 0 Å². The minimum absolute atomic E-state index is 0.323. The highest BCUT2D eigenvalue weighted by atomic mass is 16.8. The van der Waals surface area contributed by atoms with Crippen LogP contribution < -0.4 is 0 Å². The lowest BCUT2D eigenvalue weighted by Crippen LogP contribution is -2.35. The zero-order valence-corrected chi connectivity index (χ0v) is 14.3. The van der Waals surface area contributed by atoms with Gasteiger partial charge in [0, 0.05) is 7.11 Å². The molecule has 2 unspecified atom stereocenters. The van der Waals surface area contributed by atoms with Gasteiger partial charge in [-0.15, -0.1) is 0 Å². The number of hydrogen-bond donors (Lipinski definition) is 1. The smallest absolute Gasteiger partial charge is 0.164 e. The Kier molecular flexibility index (Phi) is 5.01. The van der Waals surface area contributed by atoms with Crippen molar-refractivity contribution in [3.05, 3.63) is 71.8 Å². The molecule has 1 fully saturated rings. The Labute approximate surface area is 143 Å². The highest BCUT2D eigenvalue weighted by molar-refractivity contribution is 5.23. The van der Waals surface area contributed by atoms with Gasteiger partial charge < -0.3 is 19.3 Å². The molecule has 2 aromatic carbocycles. The molecule has 0 aliphatic carbocycles. The summed E-state index contributed by atoms with van der Waals surface area (Å²) in [6.07, 6.45) is -2.05. The molecule has 3 rings (SSSR count). The van der Waals surface area contributed by atoms with Crippen LogP contribution >= 0.6 is 0 Å². The first kappa shape index (κ1) is 17.1. The summed E-state index contributed by atoms with van der Waals surface area (Å²) in [5.74, 6) is -0.781. The highest BCUT2D eigenvalue weighted by Crippen LogP contribution is 2.41. The summed E-state index contributed by atoms with van der Waals surface area (Å²) in [4.78, 5) is 0. The lowest BCUT2D eigenvalue weighted by molar-refractivity contribution is -0.162. The maximum absolute atomic E-state index is 10.9. The summed E-state index contributed by atoms with van der Waals surface area (Å²) >= 11 is 0. The van der Waals surface area contributed by atoms with Gasteiger partial charge in [-0.05, 0) is 25.0 Å². The van der Waals surface area contributed by atoms with Crippen molar-refractivity contribution in [3.63, 3.8) is 0 Å². The first-order valence-electron chi connectivity index (χ1n) is 8.18. The lowest BCUT2D eigenvalue weighted by atomic mass is 9.94. The normalized spacial score (nSPS) is 25.3. The minimum Gasteiger partial charge on any atom is -0.386 e. The average molecular weight is 328 g/mol. The van der Waals surface area contributed by atoms with Crippen LogP contribution in [0.2, 0.25) is 0 Å². The van der Waals surface area contributed by atoms with Crippen molar-refractivity contribution >= 4 is 0 Å². The lowest BCUT2D eigenvalue weighted by Gasteiger charge is -2.28. The average Bonchev–Trinajstić information content (AvgIpc) is 2.92. The number of ether oxygens (including phenoxy) is 3. The molecule has 4 atom stereocenters. The van der Waals surface area contributed by atoms with Gasteiger partial charge in [0.2, 0.25) is 0 Å². The van der Waals surface area contributed by atoms with Crippen molar-refractivity contribution in [2.45, 2.75) is 44.1 Å². The number of aliphatic hydroxyl groups excluding tert-OH is 1. The maximum atomic E-state index is 10.9. The molecule has 0 aromatic heterocycles. The SMILES string of the molecule is COC(c1ccccc1)[C@@H]1OC(C)(C)O[C@@H]1C(O)c1ccccc1. The van der Waals surface area contributed by atoms with E-state index in [4.69, 9.17) is 14.2 Å². The quantitative estimate of drug-likeness (QED) is 0.910. The summed E-state index contributed by atoms with van der Waals surface area (Å²) < 4.78 is 17.8. The first-order chi connectivity index (χ1) is 11.5. The molecule has 4 nitrogen and oxygen atoms in total. The molecule has 1 aliphatic rings. The molecule has 0 saturated carbocycles. The Bertz CT molecular complexity index is 641. The van der Waals surface area contributed by atoms with Crippen molar-refractivity contribution in [1.82, 2.24) is 0 Å². The zero-order valence-electron chi connectivity index (χ0n) is 14.3. The molecule has 1 aliphatic heterocycles. The van der Waals surface area contributed by atoms with Gasteiger partial charge in [-0.1, -0.05) is 60.7 Å². The van der Waals surface area contributed by atoms with E-state index in [1.807, 2.05) is 74.5 Å². The monoisotopic (exact) mass is 328 g/mol. The second kappa shape index (κ2) is 7.03. The summed E-state index contributed by atoms with van der Waals surface area (Å²) in [6, 6.07) is 19.4. The molecule has 24 heavy (non-hydrogen) atoms. The van der Waals surface area contributed by atoms with E-state index in [9.17, 15) is 5.11 Å². The Morgan fingerprint density at radius 2 is 1.38 bits per heavy atom. The summed E-state index contributed by atoms with van der Waals surface area (Å²) in [5, 5.41) is 10.9. The molecule has 1 heterocycles. The summed E-state index contributed by atoms with van der Waals surface area (Å²) in [7, 11) is 1.65. The van der Waals surface area contributed by atoms with E-state index in [0.717, 1.165) is 11.1 Å². The number of hydrogen-bond acceptors (Lipinski definition) is 4. The minimum atomic E-state index is -0.792. The van der Waals surface area contributed by atoms with Crippen molar-refractivity contribution in [3.8, 4) is 0 Å². The predicted octanol–water partition coefficient (Wildman–Crippen LogP) is 3.63. The van der Waals surface area contributed by atoms with Crippen molar-refractivity contribution in [2.24, 2.45) is 0 Å². The number of aliphatic hydroxyl groups is 1. The van der Waals surface area contributed by atoms with E-state index < -0.39 is 24.1 Å². The van der Waals surface area contributed by atoms with Gasteiger partial charge in [-0.2, -0.15) is 0 Å². The molecule has 1 N–H and O–H groups in total. The van der Waals surface area contributed by atoms with Crippen LogP contribution in [0, 0.1) is 0 Å². The molecule has 2 aromatic rings. The highest BCUT2D eigenvalue weighted by Gasteiger charge is 2.49. The van der Waals surface area contributed by atoms with Gasteiger partial charge in [0.1, 0.15) is 24.4 Å². The van der Waals surface area contributed by atoms with Crippen LogP contribution in [0.5, 0.6) is 0 Å². The van der Waals surface area contributed by atoms with Crippen molar-refractivity contribution < 1.29 is 19.3 Å². The summed E-state index contributed by atoms with van der Waals surface area (Å²) in [5.41, 5.74) is 1.80. The topological polar surface area (TPSA) is 47.9 Å². The first-order valence-corrected chi connectivity index (χ1v) is 8.18. The second-order valence-electron chi connectivity index (χ2n) is 6.49. The molecule has 0 spiro atoms. The van der Waals surface area contributed by atoms with Gasteiger partial charge in [0.15, 0.2) is 5.79 Å². The van der Waals surface area contributed by atoms with Crippen LogP contribution in [0.25, 0.3) is 0 Å². The third-order valence-corrected chi connectivity index (χ3v) is 4.30. The molecular formula is C20H24O4. The van der Waals surface area contributed by atoms with E-state index in [1.54, 1.807) is 7.11 Å². The fourth-order valence-corrected chi connectivity index (χ4v) is 3.24. The van der Waals surface area contributed by atoms with Crippen LogP contribution in [0.4, 0.5) is 0 Å². The Balaban J connectivity index is 1.91. The Hall–Kier alpha value is -1.72. The van der Waals surface area contributed by atoms with Crippen molar-refractivity contribution in [1.29, 1.82) is 0 Å². The van der Waals surface area contributed by atoms with Crippen LogP contribution in [0.1, 0.15) is 37.2 Å². The molecule has 0 amide bonds. The fraction of sp³-hybridized carbons (Fsp3) is 0.400. The predicted molar refractivity (Wildman–Crippen MR) is 91.4 cm³/mol. The Morgan fingerprint density at radius 1 is 0.875 bits per heavy atom. The van der Waals surface area contributed by atoms with Gasteiger partial charge in [0.05, 0.1) is 0 Å². The van der Waals surface area contributed by atoms with Gasteiger partial charge in [-0.25, -0.2) is 0 Å². The van der Waals surface area contributed by atoms with Crippen LogP contribution in [0.15, 0.2) is 60.7 Å². The molecule has 0 bridgehead atoms. The van der Waals surface area contributed by atoms with Crippen LogP contribution in [0.3, 0.4) is 0 Å². The van der Waals surface area contributed by atoms with E-state index >= 15 is 0 Å². The maximum Gasteiger partial charge on any atom is 0.164 e. The van der Waals surface area contributed by atoms with E-state index in [1.165, 1.54) is 0 Å². The molecule has 128 valence electrons. The van der Waals surface area contributed by atoms with E-state index in [0.29, 0.717) is 0 Å². The molecular weight excluding hydrogens is 304 g/mol. The molecule has 4 heteroatoms. The van der Waals surface area contributed by atoms with E-state index in [-0.39, 0.29) is 6.10 Å². The van der Waals surface area contributed by atoms with Gasteiger partial charge in [0.25, 0.3) is 0 Å². The third-order valence-electron chi connectivity index (χ3n) is 4.30. The van der Waals surface area contributed by atoms with Gasteiger partial charge >= 0.3 is 0 Å². The second-order valence-corrected chi connectivity index (χ2v) is 6.49. The molecule has 1 saturated heterocycles. The Morgan fingerprint density at radius 3 is 1.92 bits per heavy atom. The largest absolute Gasteiger partial charge is 0.386 e. The molecule has 0 radical (unpaired) electrons. The number of rotatable bonds is 5. The number of methoxy groups -OCH3 is 1. The zero-order chi connectivity index (χ0) is 17.2. The standard InChI is InChI=1S/C20H24O4/c1-20(2)23-18(16(21)14-10-6-4-7-11-14)19(24-20)17(22-3)15-12-8-5-9-13-15/h4-13,16-19,21H,1-3H3/t16?,17?,18-,19+/m1/s1. The third kappa shape index (κ3) is 3.52. The van der Waals surface area contributed by atoms with Gasteiger partial charge in [-0.3, -0.25) is 0 Å². The van der Waals surface area contributed by atoms with Crippen molar-refractivity contribution in [2.75, 3.05) is 7.11 Å². The van der Waals surface area contributed by atoms with Crippen LogP contribution in [-0.2, 0) is 14.2 Å². The fourth-order valence-electron chi connectivity index (χ4n) is 3.24. The van der Waals surface area contributed by atoms with Crippen LogP contribution in [-0.4, -0.2) is 30.2 Å². The summed E-state index contributed by atoms with van der Waals surface area (Å²) in [6.45, 7) is 3.71.